The highest BCUT2D eigenvalue weighted by atomic mass is 16.5. The van der Waals surface area contributed by atoms with Crippen LogP contribution in [0.5, 0.6) is 0 Å². The molecule has 28 heavy (non-hydrogen) atoms. The molecule has 3 saturated carbocycles. The highest BCUT2D eigenvalue weighted by molar-refractivity contribution is 5.90. The molecule has 156 valence electrons. The second kappa shape index (κ2) is 6.66. The van der Waals surface area contributed by atoms with Gasteiger partial charge in [-0.3, -0.25) is 9.59 Å². The van der Waals surface area contributed by atoms with Crippen molar-refractivity contribution in [3.63, 3.8) is 0 Å². The molecule has 2 N–H and O–H groups in total. The molecule has 0 unspecified atom stereocenters. The third kappa shape index (κ3) is 2.72. The fraction of sp³-hybridized carbons (Fsp3) is 0.826. The molecule has 0 aliphatic heterocycles. The predicted molar refractivity (Wildman–Crippen MR) is 104 cm³/mol. The van der Waals surface area contributed by atoms with Crippen LogP contribution in [0.4, 0.5) is 0 Å². The number of carbonyl (C=O) groups is 2. The molecule has 0 spiro atoms. The molecule has 5 nitrogen and oxygen atoms in total. The van der Waals surface area contributed by atoms with Gasteiger partial charge in [0, 0.05) is 12.3 Å². The molecule has 0 aromatic rings. The van der Waals surface area contributed by atoms with Crippen molar-refractivity contribution in [2.75, 3.05) is 6.61 Å². The summed E-state index contributed by atoms with van der Waals surface area (Å²) < 4.78 is 4.93. The molecule has 4 aliphatic carbocycles. The van der Waals surface area contributed by atoms with E-state index in [1.54, 1.807) is 0 Å². The van der Waals surface area contributed by atoms with Gasteiger partial charge in [0.15, 0.2) is 6.61 Å². The van der Waals surface area contributed by atoms with Crippen molar-refractivity contribution in [3.8, 4) is 0 Å². The molecule has 5 heteroatoms. The Hall–Kier alpha value is -1.20. The number of hydrogen-bond acceptors (Lipinski definition) is 5. The van der Waals surface area contributed by atoms with Crippen LogP contribution in [0.3, 0.4) is 0 Å². The first-order valence-corrected chi connectivity index (χ1v) is 10.9. The number of ketones is 1. The maximum absolute atomic E-state index is 12.9. The molecule has 0 aromatic carbocycles. The Balaban J connectivity index is 1.60. The minimum absolute atomic E-state index is 0.145. The summed E-state index contributed by atoms with van der Waals surface area (Å²) in [6.07, 6.45) is 8.96. The van der Waals surface area contributed by atoms with Crippen LogP contribution in [0.25, 0.3) is 0 Å². The monoisotopic (exact) mass is 390 g/mol. The zero-order valence-electron chi connectivity index (χ0n) is 17.4. The normalized spacial score (nSPS) is 47.4. The molecular formula is C23H34O5. The Morgan fingerprint density at radius 1 is 1.14 bits per heavy atom. The van der Waals surface area contributed by atoms with Gasteiger partial charge in [0.2, 0.25) is 5.78 Å². The van der Waals surface area contributed by atoms with Gasteiger partial charge in [0.25, 0.3) is 0 Å². The van der Waals surface area contributed by atoms with E-state index < -0.39 is 17.0 Å². The van der Waals surface area contributed by atoms with Crippen LogP contribution < -0.4 is 0 Å². The van der Waals surface area contributed by atoms with Gasteiger partial charge in [0.05, 0.1) is 6.10 Å². The predicted octanol–water partition coefficient (Wildman–Crippen LogP) is 3.17. The molecule has 0 radical (unpaired) electrons. The van der Waals surface area contributed by atoms with E-state index >= 15 is 0 Å². The number of ether oxygens (including phenoxy) is 1. The summed E-state index contributed by atoms with van der Waals surface area (Å²) in [5.41, 5.74) is -0.283. The lowest BCUT2D eigenvalue weighted by molar-refractivity contribution is -0.168. The van der Waals surface area contributed by atoms with Gasteiger partial charge in [-0.2, -0.15) is 0 Å². The van der Waals surface area contributed by atoms with E-state index in [-0.39, 0.29) is 23.9 Å². The fourth-order valence-electron chi connectivity index (χ4n) is 7.40. The summed E-state index contributed by atoms with van der Waals surface area (Å²) in [5.74, 6) is 0.504. The zero-order chi connectivity index (χ0) is 20.3. The molecule has 0 bridgehead atoms. The lowest BCUT2D eigenvalue weighted by atomic mass is 9.46. The molecular weight excluding hydrogens is 356 g/mol. The summed E-state index contributed by atoms with van der Waals surface area (Å²) in [6, 6.07) is 0. The first-order chi connectivity index (χ1) is 13.1. The first-order valence-electron chi connectivity index (χ1n) is 10.9. The SMILES string of the molecule is CC(=O)OCC(=O)[C@@]1(O)CC[C@H]2[C@@H]3CC=C4C[C@H](O)CC[C@]4(C)[C@H]3CC[C@@]21C. The third-order valence-electron chi connectivity index (χ3n) is 9.10. The van der Waals surface area contributed by atoms with Crippen LogP contribution in [-0.2, 0) is 14.3 Å². The minimum Gasteiger partial charge on any atom is -0.458 e. The minimum atomic E-state index is -1.40. The molecule has 4 aliphatic rings. The lowest BCUT2D eigenvalue weighted by Gasteiger charge is -2.58. The number of Topliss-reactive ketones (excluding diaryl/α,β-unsaturated/α-hetero) is 1. The summed E-state index contributed by atoms with van der Waals surface area (Å²) in [7, 11) is 0. The van der Waals surface area contributed by atoms with E-state index in [0.29, 0.717) is 24.2 Å². The summed E-state index contributed by atoms with van der Waals surface area (Å²) >= 11 is 0. The van der Waals surface area contributed by atoms with Crippen molar-refractivity contribution >= 4 is 11.8 Å². The fourth-order valence-corrected chi connectivity index (χ4v) is 7.40. The van der Waals surface area contributed by atoms with E-state index in [0.717, 1.165) is 44.9 Å². The summed E-state index contributed by atoms with van der Waals surface area (Å²) in [4.78, 5) is 24.0. The second-order valence-electron chi connectivity index (χ2n) is 10.2. The van der Waals surface area contributed by atoms with Crippen LogP contribution in [0.2, 0.25) is 0 Å². The van der Waals surface area contributed by atoms with Crippen molar-refractivity contribution in [2.24, 2.45) is 28.6 Å². The van der Waals surface area contributed by atoms with Gasteiger partial charge in [-0.1, -0.05) is 25.5 Å². The van der Waals surface area contributed by atoms with Crippen LogP contribution in [-0.4, -0.2) is 40.3 Å². The van der Waals surface area contributed by atoms with Crippen molar-refractivity contribution in [2.45, 2.75) is 83.8 Å². The smallest absolute Gasteiger partial charge is 0.303 e. The van der Waals surface area contributed by atoms with Crippen LogP contribution in [0.15, 0.2) is 11.6 Å². The Morgan fingerprint density at radius 3 is 2.57 bits per heavy atom. The maximum Gasteiger partial charge on any atom is 0.303 e. The van der Waals surface area contributed by atoms with Crippen molar-refractivity contribution in [1.29, 1.82) is 0 Å². The topological polar surface area (TPSA) is 83.8 Å². The molecule has 0 aromatic heterocycles. The number of carbonyl (C=O) groups excluding carboxylic acids is 2. The number of fused-ring (bicyclic) bond motifs is 5. The van der Waals surface area contributed by atoms with Crippen molar-refractivity contribution in [1.82, 2.24) is 0 Å². The van der Waals surface area contributed by atoms with Gasteiger partial charge in [0.1, 0.15) is 5.60 Å². The van der Waals surface area contributed by atoms with Crippen molar-refractivity contribution < 1.29 is 24.5 Å². The third-order valence-corrected chi connectivity index (χ3v) is 9.10. The van der Waals surface area contributed by atoms with Crippen LogP contribution in [0.1, 0.15) is 72.1 Å². The Bertz CT molecular complexity index is 714. The number of rotatable bonds is 3. The Morgan fingerprint density at radius 2 is 1.86 bits per heavy atom. The number of hydrogen-bond donors (Lipinski definition) is 2. The standard InChI is InChI=1S/C23H34O5/c1-14(24)28-13-20(26)23(27)11-8-19-17-5-4-15-12-16(25)6-9-21(15,2)18(17)7-10-22(19,23)3/h4,16-19,25,27H,5-13H2,1-3H3/t16-,17-,18+,19+,21+,22+,23+/m1/s1. The van der Waals surface area contributed by atoms with Crippen LogP contribution in [0, 0.1) is 28.6 Å². The Labute approximate surface area is 167 Å². The van der Waals surface area contributed by atoms with E-state index in [4.69, 9.17) is 4.74 Å². The molecule has 4 rings (SSSR count). The molecule has 0 saturated heterocycles. The summed E-state index contributed by atoms with van der Waals surface area (Å²) in [6.45, 7) is 5.41. The molecule has 0 heterocycles. The average Bonchev–Trinajstić information content (AvgIpc) is 2.92. The van der Waals surface area contributed by atoms with Crippen molar-refractivity contribution in [3.05, 3.63) is 11.6 Å². The zero-order valence-corrected chi connectivity index (χ0v) is 17.4. The largest absolute Gasteiger partial charge is 0.458 e. The maximum atomic E-state index is 12.9. The first kappa shape index (κ1) is 20.1. The Kier molecular flexibility index (Phi) is 4.78. The number of aliphatic hydroxyl groups excluding tert-OH is 1. The van der Waals surface area contributed by atoms with Gasteiger partial charge >= 0.3 is 5.97 Å². The van der Waals surface area contributed by atoms with E-state index in [2.05, 4.69) is 19.9 Å². The van der Waals surface area contributed by atoms with Gasteiger partial charge in [-0.05, 0) is 74.5 Å². The van der Waals surface area contributed by atoms with Crippen LogP contribution >= 0.6 is 0 Å². The molecule has 0 amide bonds. The van der Waals surface area contributed by atoms with E-state index in [1.165, 1.54) is 12.5 Å². The van der Waals surface area contributed by atoms with E-state index in [1.807, 2.05) is 0 Å². The average molecular weight is 391 g/mol. The number of aliphatic hydroxyl groups is 2. The lowest BCUT2D eigenvalue weighted by Crippen LogP contribution is -2.58. The van der Waals surface area contributed by atoms with Gasteiger partial charge in [-0.15, -0.1) is 0 Å². The highest BCUT2D eigenvalue weighted by Gasteiger charge is 2.66. The summed E-state index contributed by atoms with van der Waals surface area (Å²) in [5, 5.41) is 21.6. The highest BCUT2D eigenvalue weighted by Crippen LogP contribution is 2.67. The number of allylic oxidation sites excluding steroid dienone is 1. The number of esters is 1. The quantitative estimate of drug-likeness (QED) is 0.571. The molecule has 3 fully saturated rings. The van der Waals surface area contributed by atoms with Gasteiger partial charge < -0.3 is 14.9 Å². The van der Waals surface area contributed by atoms with Gasteiger partial charge in [-0.25, -0.2) is 0 Å². The second-order valence-corrected chi connectivity index (χ2v) is 10.2. The molecule has 7 atom stereocenters. The van der Waals surface area contributed by atoms with E-state index in [9.17, 15) is 19.8 Å².